The smallest absolute Gasteiger partial charge is 0.0963 e. The lowest BCUT2D eigenvalue weighted by Gasteiger charge is -2.27. The first kappa shape index (κ1) is 18.6. The zero-order chi connectivity index (χ0) is 16.4. The first-order chi connectivity index (χ1) is 10.6. The first-order valence-corrected chi connectivity index (χ1v) is 8.91. The number of nitrogens with one attached hydrogen (secondary N) is 1. The van der Waals surface area contributed by atoms with Gasteiger partial charge in [-0.05, 0) is 50.2 Å². The lowest BCUT2D eigenvalue weighted by molar-refractivity contribution is 0.350. The Morgan fingerprint density at radius 2 is 2.00 bits per heavy atom. The van der Waals surface area contributed by atoms with Gasteiger partial charge in [0.2, 0.25) is 0 Å². The Kier molecular flexibility index (Phi) is 8.09. The molecule has 1 aliphatic rings. The van der Waals surface area contributed by atoms with Gasteiger partial charge in [-0.1, -0.05) is 45.6 Å². The molecule has 1 aliphatic carbocycles. The van der Waals surface area contributed by atoms with Crippen LogP contribution in [0, 0.1) is 22.7 Å². The lowest BCUT2D eigenvalue weighted by atomic mass is 9.75. The summed E-state index contributed by atoms with van der Waals surface area (Å²) in [7, 11) is 0. The van der Waals surface area contributed by atoms with Gasteiger partial charge in [0.15, 0.2) is 0 Å². The minimum Gasteiger partial charge on any atom is -0.386 e. The van der Waals surface area contributed by atoms with E-state index in [4.69, 9.17) is 5.73 Å². The summed E-state index contributed by atoms with van der Waals surface area (Å²) in [6.07, 6.45) is 13.4. The normalized spacial score (nSPS) is 20.3. The average Bonchev–Trinajstić information content (AvgIpc) is 2.57. The van der Waals surface area contributed by atoms with E-state index < -0.39 is 5.41 Å². The van der Waals surface area contributed by atoms with E-state index in [-0.39, 0.29) is 0 Å². The Morgan fingerprint density at radius 1 is 1.32 bits per heavy atom. The molecule has 0 amide bonds. The van der Waals surface area contributed by atoms with Crippen molar-refractivity contribution < 1.29 is 0 Å². The van der Waals surface area contributed by atoms with Crippen LogP contribution >= 0.6 is 0 Å². The van der Waals surface area contributed by atoms with Crippen LogP contribution in [0.2, 0.25) is 0 Å². The van der Waals surface area contributed by atoms with Crippen LogP contribution in [0.3, 0.4) is 0 Å². The molecular formula is C19H33N3. The number of rotatable bonds is 8. The molecule has 124 valence electrons. The third-order valence-electron chi connectivity index (χ3n) is 4.99. The number of allylic oxidation sites excluding steroid dienone is 3. The molecule has 3 nitrogen and oxygen atoms in total. The van der Waals surface area contributed by atoms with E-state index in [2.05, 4.69) is 25.2 Å². The van der Waals surface area contributed by atoms with Crippen molar-refractivity contribution in [1.82, 2.24) is 5.32 Å². The molecular weight excluding hydrogens is 270 g/mol. The predicted molar refractivity (Wildman–Crippen MR) is 93.9 cm³/mol. The zero-order valence-electron chi connectivity index (χ0n) is 14.6. The maximum absolute atomic E-state index is 9.67. The van der Waals surface area contributed by atoms with E-state index in [0.29, 0.717) is 5.82 Å². The maximum Gasteiger partial charge on any atom is 0.0963 e. The van der Waals surface area contributed by atoms with Crippen LogP contribution in [0.15, 0.2) is 23.5 Å². The Morgan fingerprint density at radius 3 is 2.50 bits per heavy atom. The quantitative estimate of drug-likeness (QED) is 0.643. The highest BCUT2D eigenvalue weighted by Gasteiger charge is 2.30. The van der Waals surface area contributed by atoms with Crippen LogP contribution in [-0.4, -0.2) is 6.54 Å². The van der Waals surface area contributed by atoms with E-state index in [1.165, 1.54) is 32.1 Å². The van der Waals surface area contributed by atoms with Crippen molar-refractivity contribution in [2.75, 3.05) is 6.54 Å². The molecule has 1 fully saturated rings. The SMILES string of the molecule is C/C=C(\C=C(/N)NCC1CCCCC1)C(C#N)(CC)CCC. The summed E-state index contributed by atoms with van der Waals surface area (Å²) in [6, 6.07) is 2.53. The second-order valence-electron chi connectivity index (χ2n) is 6.53. The molecule has 1 rings (SSSR count). The van der Waals surface area contributed by atoms with E-state index >= 15 is 0 Å². The van der Waals surface area contributed by atoms with Gasteiger partial charge >= 0.3 is 0 Å². The van der Waals surface area contributed by atoms with Gasteiger partial charge in [-0.2, -0.15) is 5.26 Å². The summed E-state index contributed by atoms with van der Waals surface area (Å²) in [5, 5.41) is 13.0. The van der Waals surface area contributed by atoms with Crippen molar-refractivity contribution in [1.29, 1.82) is 5.26 Å². The van der Waals surface area contributed by atoms with Gasteiger partial charge in [0.1, 0.15) is 0 Å². The lowest BCUT2D eigenvalue weighted by Crippen LogP contribution is -2.29. The second kappa shape index (κ2) is 9.56. The van der Waals surface area contributed by atoms with Crippen molar-refractivity contribution in [3.05, 3.63) is 23.5 Å². The van der Waals surface area contributed by atoms with Crippen LogP contribution in [0.25, 0.3) is 0 Å². The Hall–Kier alpha value is -1.43. The molecule has 0 spiro atoms. The van der Waals surface area contributed by atoms with Crippen molar-refractivity contribution in [3.8, 4) is 6.07 Å². The van der Waals surface area contributed by atoms with E-state index in [0.717, 1.165) is 37.3 Å². The fourth-order valence-electron chi connectivity index (χ4n) is 3.52. The van der Waals surface area contributed by atoms with Crippen molar-refractivity contribution in [2.45, 2.75) is 72.1 Å². The van der Waals surface area contributed by atoms with Gasteiger partial charge in [0.25, 0.3) is 0 Å². The molecule has 0 heterocycles. The number of hydrogen-bond donors (Lipinski definition) is 2. The largest absolute Gasteiger partial charge is 0.386 e. The van der Waals surface area contributed by atoms with Gasteiger partial charge in [-0.15, -0.1) is 0 Å². The predicted octanol–water partition coefficient (Wildman–Crippen LogP) is 4.62. The van der Waals surface area contributed by atoms with E-state index in [9.17, 15) is 5.26 Å². The summed E-state index contributed by atoms with van der Waals surface area (Å²) < 4.78 is 0. The standard InChI is InChI=1S/C19H33N3/c1-4-12-19(6-3,15-20)17(5-2)13-18(21)22-14-16-10-8-7-9-11-16/h5,13,16,22H,4,6-12,14,21H2,1-3H3/b17-5+,18-13+. The first-order valence-electron chi connectivity index (χ1n) is 8.91. The zero-order valence-corrected chi connectivity index (χ0v) is 14.6. The second-order valence-corrected chi connectivity index (χ2v) is 6.53. The topological polar surface area (TPSA) is 61.8 Å². The molecule has 0 aromatic rings. The van der Waals surface area contributed by atoms with Crippen LogP contribution < -0.4 is 11.1 Å². The van der Waals surface area contributed by atoms with Gasteiger partial charge in [0, 0.05) is 6.54 Å². The molecule has 0 radical (unpaired) electrons. The molecule has 0 bridgehead atoms. The monoisotopic (exact) mass is 303 g/mol. The van der Waals surface area contributed by atoms with Crippen LogP contribution in [0.5, 0.6) is 0 Å². The summed E-state index contributed by atoms with van der Waals surface area (Å²) in [5.41, 5.74) is 6.82. The highest BCUT2D eigenvalue weighted by atomic mass is 15.0. The molecule has 3 heteroatoms. The molecule has 3 N–H and O–H groups in total. The summed E-state index contributed by atoms with van der Waals surface area (Å²) >= 11 is 0. The third kappa shape index (κ3) is 5.09. The average molecular weight is 303 g/mol. The molecule has 1 unspecified atom stereocenters. The highest BCUT2D eigenvalue weighted by molar-refractivity contribution is 5.34. The van der Waals surface area contributed by atoms with Gasteiger partial charge in [-0.25, -0.2) is 0 Å². The number of nitrogens with zero attached hydrogens (tertiary/aromatic N) is 1. The van der Waals surface area contributed by atoms with Crippen LogP contribution in [0.4, 0.5) is 0 Å². The molecule has 0 aromatic carbocycles. The minimum absolute atomic E-state index is 0.402. The summed E-state index contributed by atoms with van der Waals surface area (Å²) in [5.74, 6) is 1.44. The minimum atomic E-state index is -0.402. The van der Waals surface area contributed by atoms with Crippen molar-refractivity contribution in [3.63, 3.8) is 0 Å². The molecule has 1 atom stereocenters. The van der Waals surface area contributed by atoms with Crippen LogP contribution in [-0.2, 0) is 0 Å². The maximum atomic E-state index is 9.67. The Labute approximate surface area is 136 Å². The van der Waals surface area contributed by atoms with Gasteiger partial charge in [0.05, 0.1) is 17.3 Å². The van der Waals surface area contributed by atoms with Gasteiger partial charge < -0.3 is 11.1 Å². The van der Waals surface area contributed by atoms with E-state index in [1.807, 2.05) is 19.1 Å². The van der Waals surface area contributed by atoms with Crippen molar-refractivity contribution >= 4 is 0 Å². The fourth-order valence-corrected chi connectivity index (χ4v) is 3.52. The Bertz CT molecular complexity index is 424. The molecule has 22 heavy (non-hydrogen) atoms. The molecule has 0 saturated heterocycles. The number of hydrogen-bond acceptors (Lipinski definition) is 3. The highest BCUT2D eigenvalue weighted by Crippen LogP contribution is 2.36. The third-order valence-corrected chi connectivity index (χ3v) is 4.99. The van der Waals surface area contributed by atoms with Gasteiger partial charge in [-0.3, -0.25) is 0 Å². The van der Waals surface area contributed by atoms with Crippen LogP contribution in [0.1, 0.15) is 72.1 Å². The van der Waals surface area contributed by atoms with E-state index in [1.54, 1.807) is 0 Å². The fraction of sp³-hybridized carbons (Fsp3) is 0.737. The molecule has 0 aromatic heterocycles. The summed E-state index contributed by atoms with van der Waals surface area (Å²) in [4.78, 5) is 0. The molecule has 0 aliphatic heterocycles. The molecule has 1 saturated carbocycles. The Balaban J connectivity index is 2.71. The number of nitrogens with two attached hydrogens (primary N) is 1. The summed E-state index contributed by atoms with van der Waals surface area (Å²) in [6.45, 7) is 7.17. The van der Waals surface area contributed by atoms with Crippen molar-refractivity contribution in [2.24, 2.45) is 17.1 Å². The number of nitriles is 1.